The van der Waals surface area contributed by atoms with Gasteiger partial charge in [-0.25, -0.2) is 0 Å². The lowest BCUT2D eigenvalue weighted by atomic mass is 9.90. The maximum absolute atomic E-state index is 12.5. The number of nitrogens with zero attached hydrogens (tertiary/aromatic N) is 2. The highest BCUT2D eigenvalue weighted by Crippen LogP contribution is 2.29. The molecular weight excluding hydrogens is 479 g/mol. The fraction of sp³-hybridized carbons (Fsp3) is 0.957. The Bertz CT molecular complexity index is 512. The van der Waals surface area contributed by atoms with Crippen LogP contribution in [0.1, 0.15) is 68.2 Å². The largest absolute Gasteiger partial charge is 0.379 e. The number of carbonyl (C=O) groups excluding carboxylic acids is 1. The van der Waals surface area contributed by atoms with Gasteiger partial charge in [0.2, 0.25) is 0 Å². The Kier molecular flexibility index (Phi) is 10.5. The number of carbonyl (C=O) groups is 1. The van der Waals surface area contributed by atoms with Gasteiger partial charge in [0, 0.05) is 51.3 Å². The molecule has 172 valence electrons. The van der Waals surface area contributed by atoms with Crippen LogP contribution in [0.2, 0.25) is 0 Å². The molecule has 0 aliphatic carbocycles. The molecule has 1 heterocycles. The third kappa shape index (κ3) is 8.71. The molecule has 1 fully saturated rings. The van der Waals surface area contributed by atoms with E-state index in [1.807, 2.05) is 13.8 Å². The van der Waals surface area contributed by atoms with Crippen molar-refractivity contribution in [3.63, 3.8) is 0 Å². The minimum atomic E-state index is -0.132. The molecule has 0 saturated carbocycles. The molecule has 0 amide bonds. The van der Waals surface area contributed by atoms with Crippen LogP contribution in [-0.2, 0) is 14.3 Å². The Morgan fingerprint density at radius 3 is 2.00 bits per heavy atom. The van der Waals surface area contributed by atoms with Gasteiger partial charge in [0.05, 0.1) is 21.7 Å². The third-order valence-electron chi connectivity index (χ3n) is 6.41. The molecule has 1 aliphatic heterocycles. The smallest absolute Gasteiger partial charge is 0.150 e. The predicted molar refractivity (Wildman–Crippen MR) is 130 cm³/mol. The van der Waals surface area contributed by atoms with Crippen LogP contribution in [0.4, 0.5) is 0 Å². The standard InChI is InChI=1S/C23H45IN2O3/c1-18(2)19(27)20(24)23(7,8)26-15-13-25(14-16-26)12-10-22(5,6)29-17-11-21(3,4)28-9/h18,20H,10-17H2,1-9H3. The van der Waals surface area contributed by atoms with Crippen molar-refractivity contribution in [1.82, 2.24) is 9.80 Å². The fourth-order valence-electron chi connectivity index (χ4n) is 3.52. The van der Waals surface area contributed by atoms with Crippen molar-refractivity contribution in [3.8, 4) is 0 Å². The van der Waals surface area contributed by atoms with E-state index in [0.29, 0.717) is 5.78 Å². The van der Waals surface area contributed by atoms with E-state index >= 15 is 0 Å². The van der Waals surface area contributed by atoms with Gasteiger partial charge in [-0.15, -0.1) is 0 Å². The molecule has 0 aromatic rings. The molecule has 1 unspecified atom stereocenters. The fourth-order valence-corrected chi connectivity index (χ4v) is 4.64. The minimum Gasteiger partial charge on any atom is -0.379 e. The number of ether oxygens (including phenoxy) is 2. The molecule has 0 spiro atoms. The van der Waals surface area contributed by atoms with Crippen LogP contribution in [-0.4, -0.2) is 82.7 Å². The molecule has 0 aromatic heterocycles. The molecule has 0 aromatic carbocycles. The van der Waals surface area contributed by atoms with Crippen LogP contribution >= 0.6 is 22.6 Å². The van der Waals surface area contributed by atoms with Gasteiger partial charge in [0.15, 0.2) is 0 Å². The van der Waals surface area contributed by atoms with Crippen molar-refractivity contribution >= 4 is 28.4 Å². The second kappa shape index (κ2) is 11.2. The SMILES string of the molecule is COC(C)(C)CCOC(C)(C)CCN1CCN(C(C)(C)C(I)C(=O)C(C)C)CC1. The number of methoxy groups -OCH3 is 1. The number of rotatable bonds is 12. The normalized spacial score (nSPS) is 19.0. The van der Waals surface area contributed by atoms with E-state index in [0.717, 1.165) is 52.2 Å². The first-order chi connectivity index (χ1) is 13.2. The van der Waals surface area contributed by atoms with Gasteiger partial charge >= 0.3 is 0 Å². The zero-order valence-corrected chi connectivity index (χ0v) is 22.5. The highest BCUT2D eigenvalue weighted by atomic mass is 127. The quantitative estimate of drug-likeness (QED) is 0.280. The van der Waals surface area contributed by atoms with Crippen LogP contribution in [0.5, 0.6) is 0 Å². The summed E-state index contributed by atoms with van der Waals surface area (Å²) < 4.78 is 11.7. The summed E-state index contributed by atoms with van der Waals surface area (Å²) >= 11 is 2.35. The lowest BCUT2D eigenvalue weighted by molar-refractivity contribution is -0.123. The Morgan fingerprint density at radius 2 is 1.52 bits per heavy atom. The van der Waals surface area contributed by atoms with Crippen LogP contribution in [0.3, 0.4) is 0 Å². The second-order valence-corrected chi connectivity index (χ2v) is 11.7. The Labute approximate surface area is 193 Å². The number of hydrogen-bond acceptors (Lipinski definition) is 5. The van der Waals surface area contributed by atoms with E-state index < -0.39 is 0 Å². The molecule has 0 radical (unpaired) electrons. The van der Waals surface area contributed by atoms with E-state index in [9.17, 15) is 4.79 Å². The zero-order valence-electron chi connectivity index (χ0n) is 20.3. The van der Waals surface area contributed by atoms with E-state index in [1.165, 1.54) is 0 Å². The Morgan fingerprint density at radius 1 is 0.966 bits per heavy atom. The summed E-state index contributed by atoms with van der Waals surface area (Å²) in [4.78, 5) is 17.5. The van der Waals surface area contributed by atoms with Crippen molar-refractivity contribution in [3.05, 3.63) is 0 Å². The first-order valence-electron chi connectivity index (χ1n) is 11.1. The number of piperazine rings is 1. The van der Waals surface area contributed by atoms with Gasteiger partial charge in [0.1, 0.15) is 5.78 Å². The summed E-state index contributed by atoms with van der Waals surface area (Å²) in [5.74, 6) is 0.447. The molecule has 0 N–H and O–H groups in total. The summed E-state index contributed by atoms with van der Waals surface area (Å²) in [6.07, 6.45) is 1.91. The van der Waals surface area contributed by atoms with Gasteiger partial charge in [0.25, 0.3) is 0 Å². The maximum Gasteiger partial charge on any atom is 0.150 e. The monoisotopic (exact) mass is 524 g/mol. The summed E-state index contributed by atoms with van der Waals surface area (Å²) in [6.45, 7) is 22.9. The van der Waals surface area contributed by atoms with Crippen LogP contribution in [0.25, 0.3) is 0 Å². The average molecular weight is 525 g/mol. The molecule has 5 nitrogen and oxygen atoms in total. The summed E-state index contributed by atoms with van der Waals surface area (Å²) in [5.41, 5.74) is -0.367. The maximum atomic E-state index is 12.5. The first kappa shape index (κ1) is 27.3. The van der Waals surface area contributed by atoms with E-state index in [-0.39, 0.29) is 26.6 Å². The Hall–Kier alpha value is 0.240. The summed E-state index contributed by atoms with van der Waals surface area (Å²) in [7, 11) is 1.76. The van der Waals surface area contributed by atoms with Gasteiger partial charge in [-0.05, 0) is 54.4 Å². The molecular formula is C23H45IN2O3. The lowest BCUT2D eigenvalue weighted by Gasteiger charge is -2.46. The molecule has 0 bridgehead atoms. The highest BCUT2D eigenvalue weighted by Gasteiger charge is 2.40. The van der Waals surface area contributed by atoms with E-state index in [4.69, 9.17) is 9.47 Å². The number of alkyl halides is 1. The number of hydrogen-bond donors (Lipinski definition) is 0. The number of ketones is 1. The molecule has 1 rings (SSSR count). The van der Waals surface area contributed by atoms with Gasteiger partial charge in [-0.2, -0.15) is 0 Å². The van der Waals surface area contributed by atoms with Crippen molar-refractivity contribution in [2.24, 2.45) is 5.92 Å². The molecule has 6 heteroatoms. The van der Waals surface area contributed by atoms with E-state index in [1.54, 1.807) is 7.11 Å². The zero-order chi connectivity index (χ0) is 22.5. The van der Waals surface area contributed by atoms with Crippen LogP contribution in [0, 0.1) is 5.92 Å². The number of halogens is 1. The lowest BCUT2D eigenvalue weighted by Crippen LogP contribution is -2.60. The Balaban J connectivity index is 2.44. The van der Waals surface area contributed by atoms with Crippen molar-refractivity contribution in [2.45, 2.75) is 88.9 Å². The van der Waals surface area contributed by atoms with Crippen molar-refractivity contribution in [1.29, 1.82) is 0 Å². The minimum absolute atomic E-state index is 0.0235. The van der Waals surface area contributed by atoms with Crippen LogP contribution in [0.15, 0.2) is 0 Å². The van der Waals surface area contributed by atoms with Crippen LogP contribution < -0.4 is 0 Å². The predicted octanol–water partition coefficient (Wildman–Crippen LogP) is 4.41. The van der Waals surface area contributed by atoms with Crippen molar-refractivity contribution < 1.29 is 14.3 Å². The summed E-state index contributed by atoms with van der Waals surface area (Å²) in [5, 5.41) is 0. The van der Waals surface area contributed by atoms with Gasteiger partial charge < -0.3 is 14.4 Å². The molecule has 1 saturated heterocycles. The van der Waals surface area contributed by atoms with Gasteiger partial charge in [-0.1, -0.05) is 36.4 Å². The molecule has 1 aliphatic rings. The second-order valence-electron chi connectivity index (χ2n) is 10.5. The topological polar surface area (TPSA) is 42.0 Å². The van der Waals surface area contributed by atoms with Crippen molar-refractivity contribution in [2.75, 3.05) is 46.4 Å². The summed E-state index contributed by atoms with van der Waals surface area (Å²) in [6, 6.07) is 0. The average Bonchev–Trinajstić information content (AvgIpc) is 2.65. The molecule has 1 atom stereocenters. The van der Waals surface area contributed by atoms with E-state index in [2.05, 4.69) is 73.9 Å². The first-order valence-corrected chi connectivity index (χ1v) is 12.3. The third-order valence-corrected chi connectivity index (χ3v) is 8.54. The molecule has 29 heavy (non-hydrogen) atoms. The number of Topliss-reactive ketones (excluding diaryl/α,β-unsaturated/α-hetero) is 1. The van der Waals surface area contributed by atoms with Gasteiger partial charge in [-0.3, -0.25) is 9.69 Å². The highest BCUT2D eigenvalue weighted by molar-refractivity contribution is 14.1.